The number of nitro groups is 1. The number of nitrogens with two attached hydrogens (primary N) is 1. The summed E-state index contributed by atoms with van der Waals surface area (Å²) in [6.45, 7) is 1.21. The van der Waals surface area contributed by atoms with Crippen LogP contribution in [0.3, 0.4) is 0 Å². The van der Waals surface area contributed by atoms with Gasteiger partial charge in [-0.1, -0.05) is 5.16 Å². The second-order valence-electron chi connectivity index (χ2n) is 6.03. The molecule has 11 nitrogen and oxygen atoms in total. The summed E-state index contributed by atoms with van der Waals surface area (Å²) in [5, 5.41) is 22.4. The molecule has 3 rings (SSSR count). The maximum atomic E-state index is 12.9. The quantitative estimate of drug-likeness (QED) is 0.342. The van der Waals surface area contributed by atoms with E-state index in [-0.39, 0.29) is 36.1 Å². The first-order chi connectivity index (χ1) is 13.7. The van der Waals surface area contributed by atoms with Crippen LogP contribution in [0.25, 0.3) is 0 Å². The lowest BCUT2D eigenvalue weighted by molar-refractivity contribution is -0.384. The van der Waals surface area contributed by atoms with E-state index in [0.29, 0.717) is 19.2 Å². The van der Waals surface area contributed by atoms with Crippen LogP contribution in [-0.2, 0) is 11.0 Å². The predicted molar refractivity (Wildman–Crippen MR) is 94.1 cm³/mol. The molecule has 156 valence electrons. The van der Waals surface area contributed by atoms with Gasteiger partial charge in [-0.05, 0) is 22.4 Å². The van der Waals surface area contributed by atoms with Crippen molar-refractivity contribution in [2.24, 2.45) is 5.16 Å². The Morgan fingerprint density at radius 2 is 2.00 bits per heavy atom. The number of benzene rings is 1. The molecule has 0 bridgehead atoms. The minimum Gasteiger partial charge on any atom is -0.397 e. The van der Waals surface area contributed by atoms with Crippen LogP contribution >= 0.6 is 0 Å². The number of halogens is 3. The van der Waals surface area contributed by atoms with Gasteiger partial charge in [0.15, 0.2) is 11.5 Å². The molecule has 0 radical (unpaired) electrons. The van der Waals surface area contributed by atoms with Crippen molar-refractivity contribution in [2.45, 2.75) is 6.18 Å². The highest BCUT2D eigenvalue weighted by molar-refractivity contribution is 6.00. The average molecular weight is 415 g/mol. The van der Waals surface area contributed by atoms with Crippen LogP contribution in [0, 0.1) is 10.1 Å². The van der Waals surface area contributed by atoms with E-state index >= 15 is 0 Å². The molecule has 1 aromatic heterocycles. The summed E-state index contributed by atoms with van der Waals surface area (Å²) in [7, 11) is 1.34. The summed E-state index contributed by atoms with van der Waals surface area (Å²) in [6.07, 6.45) is -4.67. The van der Waals surface area contributed by atoms with E-state index in [1.807, 2.05) is 0 Å². The summed E-state index contributed by atoms with van der Waals surface area (Å²) in [6, 6.07) is 2.48. The minimum absolute atomic E-state index is 0.0154. The molecule has 14 heteroatoms. The van der Waals surface area contributed by atoms with Crippen molar-refractivity contribution in [1.82, 2.24) is 15.2 Å². The second kappa shape index (κ2) is 7.81. The fourth-order valence-electron chi connectivity index (χ4n) is 2.96. The fraction of sp³-hybridized carbons (Fsp3) is 0.400. The van der Waals surface area contributed by atoms with Crippen molar-refractivity contribution in [2.75, 3.05) is 43.9 Å². The highest BCUT2D eigenvalue weighted by Gasteiger charge is 2.34. The Bertz CT molecular complexity index is 923. The zero-order chi connectivity index (χ0) is 21.2. The number of anilines is 2. The normalized spacial score (nSPS) is 15.5. The molecule has 1 saturated heterocycles. The standard InChI is InChI=1S/C15H16F3N7O4/c1-28-22-14(12-13(19)21-29-20-12)24-6-4-23(5-7-24)10-3-2-9(15(16,17)18)8-11(10)25(26)27/h2-3,8H,4-7H2,1H3,(H2,19,21). The molecular weight excluding hydrogens is 399 g/mol. The zero-order valence-corrected chi connectivity index (χ0v) is 15.1. The molecule has 1 aliphatic heterocycles. The number of hydrogen-bond acceptors (Lipinski definition) is 9. The summed E-state index contributed by atoms with van der Waals surface area (Å²) >= 11 is 0. The summed E-state index contributed by atoms with van der Waals surface area (Å²) in [5.74, 6) is 0.287. The SMILES string of the molecule is CON=C(c1nonc1N)N1CCN(c2ccc(C(F)(F)F)cc2[N+](=O)[O-])CC1. The molecule has 0 saturated carbocycles. The van der Waals surface area contributed by atoms with Crippen LogP contribution in [0.4, 0.5) is 30.4 Å². The highest BCUT2D eigenvalue weighted by atomic mass is 19.4. The van der Waals surface area contributed by atoms with Gasteiger partial charge in [-0.2, -0.15) is 13.2 Å². The van der Waals surface area contributed by atoms with E-state index in [9.17, 15) is 23.3 Å². The van der Waals surface area contributed by atoms with Crippen LogP contribution in [0.2, 0.25) is 0 Å². The van der Waals surface area contributed by atoms with E-state index < -0.39 is 22.4 Å². The van der Waals surface area contributed by atoms with Gasteiger partial charge in [0.05, 0.1) is 10.5 Å². The average Bonchev–Trinajstić information content (AvgIpc) is 3.10. The lowest BCUT2D eigenvalue weighted by atomic mass is 10.1. The van der Waals surface area contributed by atoms with E-state index in [4.69, 9.17) is 10.6 Å². The number of oxime groups is 1. The first-order valence-electron chi connectivity index (χ1n) is 8.27. The number of aromatic nitrogens is 2. The van der Waals surface area contributed by atoms with Gasteiger partial charge in [0, 0.05) is 32.2 Å². The van der Waals surface area contributed by atoms with Gasteiger partial charge in [-0.15, -0.1) is 0 Å². The molecule has 2 heterocycles. The van der Waals surface area contributed by atoms with Crippen molar-refractivity contribution in [3.05, 3.63) is 39.6 Å². The molecule has 0 amide bonds. The molecule has 1 aliphatic rings. The zero-order valence-electron chi connectivity index (χ0n) is 15.1. The van der Waals surface area contributed by atoms with Crippen LogP contribution in [0.5, 0.6) is 0 Å². The Morgan fingerprint density at radius 3 is 2.52 bits per heavy atom. The third-order valence-electron chi connectivity index (χ3n) is 4.32. The largest absolute Gasteiger partial charge is 0.416 e. The number of rotatable bonds is 4. The van der Waals surface area contributed by atoms with Gasteiger partial charge < -0.3 is 20.4 Å². The minimum atomic E-state index is -4.67. The maximum absolute atomic E-state index is 12.9. The number of nitrogen functional groups attached to an aromatic ring is 1. The van der Waals surface area contributed by atoms with Crippen molar-refractivity contribution in [1.29, 1.82) is 0 Å². The van der Waals surface area contributed by atoms with E-state index in [1.54, 1.807) is 9.80 Å². The second-order valence-corrected chi connectivity index (χ2v) is 6.03. The molecular formula is C15H16F3N7O4. The lowest BCUT2D eigenvalue weighted by Crippen LogP contribution is -2.49. The van der Waals surface area contributed by atoms with Gasteiger partial charge in [0.25, 0.3) is 5.69 Å². The first kappa shape index (κ1) is 20.2. The number of nitrogens with zero attached hydrogens (tertiary/aromatic N) is 6. The summed E-state index contributed by atoms with van der Waals surface area (Å²) < 4.78 is 43.2. The predicted octanol–water partition coefficient (Wildman–Crippen LogP) is 1.71. The Labute approximate surface area is 161 Å². The van der Waals surface area contributed by atoms with E-state index in [0.717, 1.165) is 12.1 Å². The van der Waals surface area contributed by atoms with E-state index in [1.165, 1.54) is 7.11 Å². The van der Waals surface area contributed by atoms with Crippen LogP contribution in [0.15, 0.2) is 28.0 Å². The third-order valence-corrected chi connectivity index (χ3v) is 4.32. The lowest BCUT2D eigenvalue weighted by Gasteiger charge is -2.36. The van der Waals surface area contributed by atoms with Crippen molar-refractivity contribution in [3.63, 3.8) is 0 Å². The summed E-state index contributed by atoms with van der Waals surface area (Å²) in [5.41, 5.74) is 4.30. The molecule has 0 unspecified atom stereocenters. The molecule has 29 heavy (non-hydrogen) atoms. The monoisotopic (exact) mass is 415 g/mol. The number of nitro benzene ring substituents is 1. The molecule has 1 aromatic carbocycles. The summed E-state index contributed by atoms with van der Waals surface area (Å²) in [4.78, 5) is 18.7. The fourth-order valence-corrected chi connectivity index (χ4v) is 2.96. The van der Waals surface area contributed by atoms with E-state index in [2.05, 4.69) is 20.1 Å². The first-order valence-corrected chi connectivity index (χ1v) is 8.27. The highest BCUT2D eigenvalue weighted by Crippen LogP contribution is 2.36. The Balaban J connectivity index is 1.81. The molecule has 0 aliphatic carbocycles. The Morgan fingerprint density at radius 1 is 1.31 bits per heavy atom. The van der Waals surface area contributed by atoms with Crippen LogP contribution in [0.1, 0.15) is 11.3 Å². The molecule has 1 fully saturated rings. The van der Waals surface area contributed by atoms with Crippen LogP contribution < -0.4 is 10.6 Å². The number of alkyl halides is 3. The number of piperazine rings is 1. The van der Waals surface area contributed by atoms with Crippen molar-refractivity contribution in [3.8, 4) is 0 Å². The topological polar surface area (TPSA) is 136 Å². The number of hydrogen-bond donors (Lipinski definition) is 1. The Kier molecular flexibility index (Phi) is 5.43. The van der Waals surface area contributed by atoms with Gasteiger partial charge >= 0.3 is 6.18 Å². The molecule has 0 atom stereocenters. The Hall–Kier alpha value is -3.58. The number of amidine groups is 1. The van der Waals surface area contributed by atoms with Gasteiger partial charge in [0.1, 0.15) is 12.8 Å². The smallest absolute Gasteiger partial charge is 0.397 e. The third kappa shape index (κ3) is 4.14. The van der Waals surface area contributed by atoms with Gasteiger partial charge in [-0.3, -0.25) is 10.1 Å². The van der Waals surface area contributed by atoms with Crippen LogP contribution in [-0.4, -0.2) is 59.3 Å². The maximum Gasteiger partial charge on any atom is 0.416 e. The van der Waals surface area contributed by atoms with Crippen molar-refractivity contribution < 1.29 is 27.6 Å². The molecule has 2 N–H and O–H groups in total. The van der Waals surface area contributed by atoms with Crippen molar-refractivity contribution >= 4 is 23.0 Å². The molecule has 2 aromatic rings. The molecule has 0 spiro atoms. The van der Waals surface area contributed by atoms with Gasteiger partial charge in [-0.25, -0.2) is 4.63 Å². The van der Waals surface area contributed by atoms with Gasteiger partial charge in [0.2, 0.25) is 5.84 Å².